The van der Waals surface area contributed by atoms with Crippen LogP contribution in [0.1, 0.15) is 15.9 Å². The molecule has 2 rings (SSSR count). The van der Waals surface area contributed by atoms with Crippen LogP contribution in [0, 0.1) is 17.0 Å². The second kappa shape index (κ2) is 5.76. The number of hydrogen-bond donors (Lipinski definition) is 1. The quantitative estimate of drug-likeness (QED) is 0.685. The zero-order chi connectivity index (χ0) is 15.6. The van der Waals surface area contributed by atoms with Gasteiger partial charge in [0.1, 0.15) is 5.75 Å². The van der Waals surface area contributed by atoms with Gasteiger partial charge in [0, 0.05) is 12.3 Å². The number of carboxylic acid groups (broad SMARTS) is 1. The minimum atomic E-state index is -1.31. The number of hydrogen-bond acceptors (Lipinski definition) is 5. The summed E-state index contributed by atoms with van der Waals surface area (Å²) in [7, 11) is 0. The number of benzene rings is 1. The highest BCUT2D eigenvalue weighted by Gasteiger charge is 2.21. The van der Waals surface area contributed by atoms with Gasteiger partial charge in [0.2, 0.25) is 0 Å². The molecule has 0 atom stereocenters. The zero-order valence-electron chi connectivity index (χ0n) is 10.7. The fourth-order valence-corrected chi connectivity index (χ4v) is 1.83. The van der Waals surface area contributed by atoms with Crippen molar-refractivity contribution in [3.05, 3.63) is 56.7 Å². The van der Waals surface area contributed by atoms with E-state index in [-0.39, 0.29) is 22.2 Å². The second-order valence-corrected chi connectivity index (χ2v) is 4.55. The number of aromatic nitrogens is 1. The van der Waals surface area contributed by atoms with E-state index in [1.165, 1.54) is 0 Å². The Morgan fingerprint density at radius 1 is 1.43 bits per heavy atom. The number of nitro groups is 1. The van der Waals surface area contributed by atoms with E-state index in [4.69, 9.17) is 21.4 Å². The number of ether oxygens (including phenoxy) is 1. The summed E-state index contributed by atoms with van der Waals surface area (Å²) in [4.78, 5) is 24.7. The van der Waals surface area contributed by atoms with Gasteiger partial charge in [-0.25, -0.2) is 9.78 Å². The van der Waals surface area contributed by atoms with Gasteiger partial charge in [-0.1, -0.05) is 17.7 Å². The summed E-state index contributed by atoms with van der Waals surface area (Å²) in [6.45, 7) is 1.83. The summed E-state index contributed by atoms with van der Waals surface area (Å²) in [5.74, 6) is -1.44. The lowest BCUT2D eigenvalue weighted by Gasteiger charge is -2.08. The SMILES string of the molecule is Cc1ccc(Oc2ncc(C(=O)O)cc2[N+](=O)[O-])c(Cl)c1. The van der Waals surface area contributed by atoms with Crippen molar-refractivity contribution in [3.8, 4) is 11.6 Å². The van der Waals surface area contributed by atoms with E-state index in [0.29, 0.717) is 0 Å². The molecule has 0 fully saturated rings. The van der Waals surface area contributed by atoms with Crippen molar-refractivity contribution in [2.24, 2.45) is 0 Å². The van der Waals surface area contributed by atoms with Gasteiger partial charge in [0.15, 0.2) is 0 Å². The molecule has 0 amide bonds. The molecule has 21 heavy (non-hydrogen) atoms. The number of rotatable bonds is 4. The van der Waals surface area contributed by atoms with Crippen LogP contribution in [0.15, 0.2) is 30.5 Å². The van der Waals surface area contributed by atoms with Crippen LogP contribution in [0.5, 0.6) is 11.6 Å². The van der Waals surface area contributed by atoms with Gasteiger partial charge in [-0.05, 0) is 24.6 Å². The Balaban J connectivity index is 2.44. The first-order chi connectivity index (χ1) is 9.88. The van der Waals surface area contributed by atoms with Gasteiger partial charge in [0.25, 0.3) is 5.88 Å². The molecule has 0 aliphatic rings. The first kappa shape index (κ1) is 14.7. The van der Waals surface area contributed by atoms with Crippen LogP contribution < -0.4 is 4.74 Å². The summed E-state index contributed by atoms with van der Waals surface area (Å²) in [5.41, 5.74) is 0.0478. The molecule has 0 saturated carbocycles. The highest BCUT2D eigenvalue weighted by Crippen LogP contribution is 2.34. The molecule has 0 bridgehead atoms. The minimum absolute atomic E-state index is 0.195. The van der Waals surface area contributed by atoms with Crippen molar-refractivity contribution in [1.82, 2.24) is 4.98 Å². The smallest absolute Gasteiger partial charge is 0.337 e. The summed E-state index contributed by atoms with van der Waals surface area (Å²) in [6, 6.07) is 5.79. The van der Waals surface area contributed by atoms with Crippen molar-refractivity contribution in [2.75, 3.05) is 0 Å². The summed E-state index contributed by atoms with van der Waals surface area (Å²) >= 11 is 5.98. The van der Waals surface area contributed by atoms with Gasteiger partial charge in [-0.2, -0.15) is 0 Å². The molecule has 8 heteroatoms. The molecule has 1 aromatic carbocycles. The maximum Gasteiger partial charge on any atom is 0.337 e. The lowest BCUT2D eigenvalue weighted by molar-refractivity contribution is -0.386. The molecule has 0 aliphatic heterocycles. The van der Waals surface area contributed by atoms with Crippen molar-refractivity contribution in [3.63, 3.8) is 0 Å². The van der Waals surface area contributed by atoms with Crippen LogP contribution in [0.2, 0.25) is 5.02 Å². The lowest BCUT2D eigenvalue weighted by Crippen LogP contribution is -2.02. The molecule has 108 valence electrons. The molecule has 0 spiro atoms. The summed E-state index contributed by atoms with van der Waals surface area (Å²) in [5, 5.41) is 20.1. The Kier molecular flexibility index (Phi) is 4.04. The average molecular weight is 309 g/mol. The van der Waals surface area contributed by atoms with Crippen LogP contribution >= 0.6 is 11.6 Å². The normalized spacial score (nSPS) is 10.2. The number of nitrogens with zero attached hydrogens (tertiary/aromatic N) is 2. The van der Waals surface area contributed by atoms with Gasteiger partial charge in [-0.3, -0.25) is 10.1 Å². The number of aryl methyl sites for hydroxylation is 1. The number of halogens is 1. The van der Waals surface area contributed by atoms with Crippen molar-refractivity contribution in [1.29, 1.82) is 0 Å². The molecule has 1 N–H and O–H groups in total. The molecule has 0 saturated heterocycles. The monoisotopic (exact) mass is 308 g/mol. The second-order valence-electron chi connectivity index (χ2n) is 4.15. The van der Waals surface area contributed by atoms with E-state index in [1.54, 1.807) is 18.2 Å². The largest absolute Gasteiger partial charge is 0.478 e. The third-order valence-electron chi connectivity index (χ3n) is 2.57. The summed E-state index contributed by atoms with van der Waals surface area (Å²) in [6.07, 6.45) is 0.979. The predicted octanol–water partition coefficient (Wildman–Crippen LogP) is 3.44. The van der Waals surface area contributed by atoms with Crippen molar-refractivity contribution >= 4 is 23.3 Å². The Morgan fingerprint density at radius 2 is 2.14 bits per heavy atom. The number of carbonyl (C=O) groups is 1. The van der Waals surface area contributed by atoms with Crippen LogP contribution in [0.4, 0.5) is 5.69 Å². The van der Waals surface area contributed by atoms with Gasteiger partial charge >= 0.3 is 11.7 Å². The highest BCUT2D eigenvalue weighted by atomic mass is 35.5. The number of pyridine rings is 1. The molecule has 1 heterocycles. The Morgan fingerprint density at radius 3 is 2.71 bits per heavy atom. The van der Waals surface area contributed by atoms with E-state index in [2.05, 4.69) is 4.98 Å². The van der Waals surface area contributed by atoms with Gasteiger partial charge < -0.3 is 9.84 Å². The van der Waals surface area contributed by atoms with Crippen LogP contribution in [0.25, 0.3) is 0 Å². The van der Waals surface area contributed by atoms with E-state index in [0.717, 1.165) is 17.8 Å². The summed E-state index contributed by atoms with van der Waals surface area (Å²) < 4.78 is 5.31. The van der Waals surface area contributed by atoms with Crippen molar-refractivity contribution < 1.29 is 19.6 Å². The average Bonchev–Trinajstić information content (AvgIpc) is 2.41. The molecule has 0 aliphatic carbocycles. The van der Waals surface area contributed by atoms with Gasteiger partial charge in [0.05, 0.1) is 15.5 Å². The highest BCUT2D eigenvalue weighted by molar-refractivity contribution is 6.32. The molecule has 7 nitrogen and oxygen atoms in total. The van der Waals surface area contributed by atoms with Gasteiger partial charge in [-0.15, -0.1) is 0 Å². The lowest BCUT2D eigenvalue weighted by atomic mass is 10.2. The van der Waals surface area contributed by atoms with E-state index >= 15 is 0 Å². The Labute approximate surface area is 123 Å². The maximum absolute atomic E-state index is 11.0. The topological polar surface area (TPSA) is 103 Å². The zero-order valence-corrected chi connectivity index (χ0v) is 11.5. The third kappa shape index (κ3) is 3.26. The molecule has 0 radical (unpaired) electrons. The Hall–Kier alpha value is -2.67. The Bertz CT molecular complexity index is 732. The molecular formula is C13H9ClN2O5. The minimum Gasteiger partial charge on any atom is -0.478 e. The first-order valence-corrected chi connectivity index (χ1v) is 6.08. The standard InChI is InChI=1S/C13H9ClN2O5/c1-7-2-3-11(9(14)4-7)21-12-10(16(19)20)5-8(6-15-12)13(17)18/h2-6H,1H3,(H,17,18). The third-order valence-corrected chi connectivity index (χ3v) is 2.87. The molecule has 0 unspecified atom stereocenters. The van der Waals surface area contributed by atoms with Crippen molar-refractivity contribution in [2.45, 2.75) is 6.92 Å². The van der Waals surface area contributed by atoms with Crippen LogP contribution in [-0.2, 0) is 0 Å². The number of aromatic carboxylic acids is 1. The van der Waals surface area contributed by atoms with E-state index in [9.17, 15) is 14.9 Å². The fraction of sp³-hybridized carbons (Fsp3) is 0.0769. The molecular weight excluding hydrogens is 300 g/mol. The predicted molar refractivity (Wildman–Crippen MR) is 74.1 cm³/mol. The maximum atomic E-state index is 11.0. The van der Waals surface area contributed by atoms with Crippen LogP contribution in [-0.4, -0.2) is 21.0 Å². The van der Waals surface area contributed by atoms with Crippen LogP contribution in [0.3, 0.4) is 0 Å². The number of carboxylic acids is 1. The van der Waals surface area contributed by atoms with E-state index < -0.39 is 16.6 Å². The molecule has 2 aromatic rings. The fourth-order valence-electron chi connectivity index (χ4n) is 1.56. The molecule has 1 aromatic heterocycles. The van der Waals surface area contributed by atoms with E-state index in [1.807, 2.05) is 6.92 Å². The first-order valence-electron chi connectivity index (χ1n) is 5.70.